The maximum Gasteiger partial charge on any atom is 0.329 e. The Morgan fingerprint density at radius 3 is 1.14 bits per heavy atom. The number of amidine groups is 1. The number of amides is 3. The van der Waals surface area contributed by atoms with Crippen molar-refractivity contribution < 1.29 is 57.3 Å². The highest BCUT2D eigenvalue weighted by Gasteiger charge is 2.42. The van der Waals surface area contributed by atoms with Crippen LogP contribution >= 0.6 is 0 Å². The Morgan fingerprint density at radius 1 is 0.472 bits per heavy atom. The molecule has 0 radical (unpaired) electrons. The van der Waals surface area contributed by atoms with E-state index in [1.165, 1.54) is 42.8 Å². The molecule has 0 spiro atoms. The predicted molar refractivity (Wildman–Crippen MR) is 274 cm³/mol. The monoisotopic (exact) mass is 1010 g/mol. The highest BCUT2D eigenvalue weighted by Crippen LogP contribution is 2.24. The minimum atomic E-state index is -1.45. The van der Waals surface area contributed by atoms with Gasteiger partial charge in [-0.25, -0.2) is 19.2 Å². The van der Waals surface area contributed by atoms with E-state index in [1.807, 2.05) is 74.4 Å². The molecule has 8 atom stereocenters. The molecule has 400 valence electrons. The van der Waals surface area contributed by atoms with E-state index in [1.54, 1.807) is 62.5 Å². The van der Waals surface area contributed by atoms with Crippen molar-refractivity contribution in [3.05, 3.63) is 71.8 Å². The summed E-state index contributed by atoms with van der Waals surface area (Å²) in [4.78, 5) is 113. The minimum Gasteiger partial charge on any atom is -0.453 e. The van der Waals surface area contributed by atoms with E-state index in [9.17, 15) is 33.6 Å². The molecule has 1 unspecified atom stereocenters. The minimum absolute atomic E-state index is 0.0470. The van der Waals surface area contributed by atoms with Crippen LogP contribution in [0.2, 0.25) is 0 Å². The number of hydrogen-bond donors (Lipinski definition) is 0. The summed E-state index contributed by atoms with van der Waals surface area (Å²) < 4.78 is 24.4. The zero-order valence-electron chi connectivity index (χ0n) is 45.5. The van der Waals surface area contributed by atoms with Gasteiger partial charge >= 0.3 is 23.9 Å². The number of oxime groups is 1. The summed E-state index contributed by atoms with van der Waals surface area (Å²) in [7, 11) is 5.88. The third kappa shape index (κ3) is 17.9. The Balaban J connectivity index is 2.33. The second kappa shape index (κ2) is 28.9. The molecule has 1 aliphatic heterocycles. The summed E-state index contributed by atoms with van der Waals surface area (Å²) >= 11 is 0. The number of cyclic esters (lactones) is 4. The fourth-order valence-corrected chi connectivity index (χ4v) is 8.49. The van der Waals surface area contributed by atoms with Gasteiger partial charge in [-0.2, -0.15) is 0 Å². The third-order valence-corrected chi connectivity index (χ3v) is 12.5. The normalized spacial score (nSPS) is 25.0. The van der Waals surface area contributed by atoms with Crippen molar-refractivity contribution in [3.8, 4) is 0 Å². The number of nitrogens with zero attached hydrogens (tertiary/aromatic N) is 5. The van der Waals surface area contributed by atoms with Crippen LogP contribution in [0.1, 0.15) is 119 Å². The van der Waals surface area contributed by atoms with Gasteiger partial charge in [0.15, 0.2) is 30.3 Å². The molecule has 2 aromatic carbocycles. The zero-order chi connectivity index (χ0) is 54.0. The van der Waals surface area contributed by atoms with E-state index >= 15 is 0 Å². The highest BCUT2D eigenvalue weighted by molar-refractivity contribution is 5.95. The van der Waals surface area contributed by atoms with Crippen LogP contribution in [-0.2, 0) is 70.2 Å². The quantitative estimate of drug-likeness (QED) is 0.0778. The first kappa shape index (κ1) is 60.3. The van der Waals surface area contributed by atoms with Crippen LogP contribution in [0.15, 0.2) is 65.8 Å². The first-order chi connectivity index (χ1) is 33.9. The van der Waals surface area contributed by atoms with Crippen LogP contribution in [0, 0.1) is 23.7 Å². The van der Waals surface area contributed by atoms with Gasteiger partial charge in [0.2, 0.25) is 0 Å². The van der Waals surface area contributed by atoms with E-state index in [0.717, 1.165) is 4.90 Å². The van der Waals surface area contributed by atoms with Crippen molar-refractivity contribution >= 4 is 47.4 Å². The Bertz CT molecular complexity index is 2110. The molecular weight excluding hydrogens is 923 g/mol. The Kier molecular flexibility index (Phi) is 24.2. The number of likely N-dealkylation sites (N-methyl/N-ethyl adjacent to an activating group) is 4. The van der Waals surface area contributed by atoms with Crippen molar-refractivity contribution in [2.75, 3.05) is 34.8 Å². The molecule has 1 heterocycles. The van der Waals surface area contributed by atoms with Crippen molar-refractivity contribution in [2.45, 2.75) is 170 Å². The van der Waals surface area contributed by atoms with Gasteiger partial charge in [0.25, 0.3) is 17.7 Å². The second-order valence-electron chi connectivity index (χ2n) is 20.7. The van der Waals surface area contributed by atoms with Crippen molar-refractivity contribution in [3.63, 3.8) is 0 Å². The molecule has 1 saturated heterocycles. The van der Waals surface area contributed by atoms with Crippen molar-refractivity contribution in [1.29, 1.82) is 0 Å². The average molecular weight is 1010 g/mol. The molecule has 0 N–H and O–H groups in total. The van der Waals surface area contributed by atoms with Crippen LogP contribution in [-0.4, -0.2) is 150 Å². The van der Waals surface area contributed by atoms with Crippen molar-refractivity contribution in [2.24, 2.45) is 28.8 Å². The summed E-state index contributed by atoms with van der Waals surface area (Å²) in [6, 6.07) is 13.2. The van der Waals surface area contributed by atoms with Crippen LogP contribution in [0.3, 0.4) is 0 Å². The zero-order valence-corrected chi connectivity index (χ0v) is 45.5. The lowest BCUT2D eigenvalue weighted by Gasteiger charge is -2.36. The van der Waals surface area contributed by atoms with Gasteiger partial charge in [-0.1, -0.05) is 128 Å². The van der Waals surface area contributed by atoms with Gasteiger partial charge in [0.05, 0.1) is 0 Å². The van der Waals surface area contributed by atoms with Gasteiger partial charge in [-0.05, 0) is 80.8 Å². The van der Waals surface area contributed by atoms with E-state index < -0.39 is 90.2 Å². The average Bonchev–Trinajstić information content (AvgIpc) is 3.32. The Hall–Kier alpha value is -6.00. The molecule has 1 aliphatic rings. The van der Waals surface area contributed by atoms with Gasteiger partial charge in [0.1, 0.15) is 30.8 Å². The molecular formula is C55H83N5O12. The Labute approximate surface area is 428 Å². The highest BCUT2D eigenvalue weighted by atomic mass is 16.6. The number of carbonyl (C=O) groups excluding carboxylic acids is 7. The van der Waals surface area contributed by atoms with Crippen molar-refractivity contribution in [1.82, 2.24) is 19.6 Å². The summed E-state index contributed by atoms with van der Waals surface area (Å²) in [5, 5.41) is 4.41. The molecule has 72 heavy (non-hydrogen) atoms. The fourth-order valence-electron chi connectivity index (χ4n) is 8.49. The molecule has 2 aromatic rings. The maximum absolute atomic E-state index is 14.8. The predicted octanol–water partition coefficient (Wildman–Crippen LogP) is 6.88. The van der Waals surface area contributed by atoms with Crippen LogP contribution in [0.4, 0.5) is 0 Å². The van der Waals surface area contributed by atoms with E-state index in [2.05, 4.69) is 5.16 Å². The lowest BCUT2D eigenvalue weighted by Crippen LogP contribution is -2.55. The first-order valence-electron chi connectivity index (χ1n) is 25.5. The van der Waals surface area contributed by atoms with Gasteiger partial charge in [0, 0.05) is 41.0 Å². The molecule has 17 nitrogen and oxygen atoms in total. The Morgan fingerprint density at radius 2 is 0.792 bits per heavy atom. The largest absolute Gasteiger partial charge is 0.453 e. The lowest BCUT2D eigenvalue weighted by atomic mass is 10.00. The summed E-state index contributed by atoms with van der Waals surface area (Å²) in [6.07, 6.45) is -4.38. The fraction of sp³-hybridized carbons (Fsp3) is 0.636. The smallest absolute Gasteiger partial charge is 0.329 e. The van der Waals surface area contributed by atoms with Crippen LogP contribution < -0.4 is 0 Å². The third-order valence-electron chi connectivity index (χ3n) is 12.5. The number of benzene rings is 2. The second-order valence-corrected chi connectivity index (χ2v) is 20.7. The molecule has 1 fully saturated rings. The van der Waals surface area contributed by atoms with Crippen LogP contribution in [0.25, 0.3) is 0 Å². The molecule has 0 aromatic heterocycles. The maximum atomic E-state index is 14.8. The molecule has 17 heteroatoms. The number of hydrogen-bond acceptors (Lipinski definition) is 13. The first-order valence-corrected chi connectivity index (χ1v) is 25.5. The van der Waals surface area contributed by atoms with E-state index in [-0.39, 0.29) is 74.6 Å². The summed E-state index contributed by atoms with van der Waals surface area (Å²) in [5.41, 5.74) is 1.35. The molecule has 0 bridgehead atoms. The lowest BCUT2D eigenvalue weighted by molar-refractivity contribution is -0.174. The van der Waals surface area contributed by atoms with E-state index in [4.69, 9.17) is 23.8 Å². The molecule has 3 amide bonds. The van der Waals surface area contributed by atoms with E-state index in [0.29, 0.717) is 17.5 Å². The molecule has 0 saturated carbocycles. The van der Waals surface area contributed by atoms with Crippen LogP contribution in [0.5, 0.6) is 0 Å². The number of carbonyl (C=O) groups is 7. The standard InChI is InChI=1S/C55H83N5O12/c1-16-27-68-56-48-38(10)69-52(64)43(29-35(4)5)59(14)51(63)47(33-41-25-21-18-22-26-41)72-55(67)45(31-37(8)9)58(13)49(61)39(11)70-53(65)44(30-36(6)7)60(15)50(62)46(32-40-23-19-17-20-24-40)71-54(66)42(57(48)12)28-34(2)3/h17-26,34-39,42-47H,16,27-33H2,1-15H3/b56-48+/t38-,39-,42+,43+,44?,45+,46-,47-/m1/s1. The summed E-state index contributed by atoms with van der Waals surface area (Å²) in [5.74, 6) is -5.87. The topological polar surface area (TPSA) is 191 Å². The van der Waals surface area contributed by atoms with Gasteiger partial charge in [-0.3, -0.25) is 14.4 Å². The molecule has 3 rings (SSSR count). The summed E-state index contributed by atoms with van der Waals surface area (Å²) in [6.45, 7) is 20.2. The molecule has 0 aliphatic carbocycles. The SMILES string of the molecule is CCCO/N=C1\[C@@H](C)OC(=O)[C@H](CC(C)C)N(C)C(=O)[C@@H](Cc2ccccc2)OC(=O)[C@H](CC(C)C)N(C)C(=O)[C@@H](C)OC(=O)C(CC(C)C)N(C)C(=O)[C@@H](Cc2ccccc2)OC(=O)[C@H](CC(C)C)N1C. The number of ether oxygens (including phenoxy) is 4. The number of rotatable bonds is 15. The van der Waals surface area contributed by atoms with Gasteiger partial charge < -0.3 is 43.4 Å². The van der Waals surface area contributed by atoms with Gasteiger partial charge in [-0.15, -0.1) is 0 Å². The number of esters is 4.